The van der Waals surface area contributed by atoms with Crippen molar-refractivity contribution in [1.82, 2.24) is 10.2 Å². The number of hydrogen-bond acceptors (Lipinski definition) is 3. The SMILES string of the molecule is CCC1(C)CCSC(=NCC(C)N2CCCC2)N1. The van der Waals surface area contributed by atoms with E-state index in [-0.39, 0.29) is 5.54 Å². The van der Waals surface area contributed by atoms with Gasteiger partial charge in [0.05, 0.1) is 6.54 Å². The third-order valence-corrected chi connectivity index (χ3v) is 5.26. The van der Waals surface area contributed by atoms with Gasteiger partial charge in [0.2, 0.25) is 0 Å². The average molecular weight is 269 g/mol. The van der Waals surface area contributed by atoms with E-state index in [0.29, 0.717) is 6.04 Å². The highest BCUT2D eigenvalue weighted by atomic mass is 32.2. The first-order valence-electron chi connectivity index (χ1n) is 7.32. The zero-order valence-corrected chi connectivity index (χ0v) is 12.9. The molecule has 0 saturated carbocycles. The Kier molecular flexibility index (Phi) is 4.96. The van der Waals surface area contributed by atoms with Gasteiger partial charge in [0.25, 0.3) is 0 Å². The second kappa shape index (κ2) is 6.29. The van der Waals surface area contributed by atoms with Gasteiger partial charge in [0.15, 0.2) is 5.17 Å². The van der Waals surface area contributed by atoms with Crippen LogP contribution in [0.4, 0.5) is 0 Å². The largest absolute Gasteiger partial charge is 0.360 e. The Balaban J connectivity index is 1.84. The molecule has 2 heterocycles. The van der Waals surface area contributed by atoms with Crippen LogP contribution in [0.1, 0.15) is 46.5 Å². The number of thioether (sulfide) groups is 1. The van der Waals surface area contributed by atoms with Crippen molar-refractivity contribution in [3.63, 3.8) is 0 Å². The molecule has 0 aromatic carbocycles. The van der Waals surface area contributed by atoms with Gasteiger partial charge in [-0.05, 0) is 52.6 Å². The lowest BCUT2D eigenvalue weighted by Crippen LogP contribution is -2.48. The summed E-state index contributed by atoms with van der Waals surface area (Å²) in [5.74, 6) is 1.20. The van der Waals surface area contributed by atoms with Crippen LogP contribution in [-0.4, -0.2) is 47.0 Å². The minimum atomic E-state index is 0.265. The van der Waals surface area contributed by atoms with Gasteiger partial charge in [-0.1, -0.05) is 18.7 Å². The summed E-state index contributed by atoms with van der Waals surface area (Å²) in [5.41, 5.74) is 0.265. The minimum absolute atomic E-state index is 0.265. The second-order valence-corrected chi connectivity index (χ2v) is 6.96. The topological polar surface area (TPSA) is 27.6 Å². The molecule has 3 nitrogen and oxygen atoms in total. The molecule has 0 amide bonds. The van der Waals surface area contributed by atoms with Gasteiger partial charge >= 0.3 is 0 Å². The van der Waals surface area contributed by atoms with E-state index in [1.54, 1.807) is 0 Å². The quantitative estimate of drug-likeness (QED) is 0.850. The molecular formula is C14H27N3S. The molecule has 18 heavy (non-hydrogen) atoms. The highest BCUT2D eigenvalue weighted by Crippen LogP contribution is 2.25. The number of nitrogens with zero attached hydrogens (tertiary/aromatic N) is 2. The van der Waals surface area contributed by atoms with Gasteiger partial charge in [-0.15, -0.1) is 0 Å². The fourth-order valence-electron chi connectivity index (χ4n) is 2.59. The van der Waals surface area contributed by atoms with E-state index in [1.807, 2.05) is 11.8 Å². The fourth-order valence-corrected chi connectivity index (χ4v) is 3.82. The summed E-state index contributed by atoms with van der Waals surface area (Å²) in [6, 6.07) is 0.595. The first-order valence-corrected chi connectivity index (χ1v) is 8.31. The van der Waals surface area contributed by atoms with Crippen LogP contribution < -0.4 is 5.32 Å². The van der Waals surface area contributed by atoms with E-state index in [0.717, 1.165) is 11.7 Å². The van der Waals surface area contributed by atoms with Gasteiger partial charge < -0.3 is 5.32 Å². The molecule has 1 N–H and O–H groups in total. The summed E-state index contributed by atoms with van der Waals surface area (Å²) in [4.78, 5) is 7.36. The molecule has 0 spiro atoms. The van der Waals surface area contributed by atoms with Crippen molar-refractivity contribution in [1.29, 1.82) is 0 Å². The van der Waals surface area contributed by atoms with E-state index in [1.165, 1.54) is 44.5 Å². The molecular weight excluding hydrogens is 242 g/mol. The molecule has 0 bridgehead atoms. The molecule has 2 rings (SSSR count). The van der Waals surface area contributed by atoms with Gasteiger partial charge in [-0.2, -0.15) is 0 Å². The lowest BCUT2D eigenvalue weighted by molar-refractivity contribution is 0.265. The third kappa shape index (κ3) is 3.64. The van der Waals surface area contributed by atoms with Crippen molar-refractivity contribution in [2.24, 2.45) is 4.99 Å². The van der Waals surface area contributed by atoms with Gasteiger partial charge in [-0.3, -0.25) is 9.89 Å². The van der Waals surface area contributed by atoms with Gasteiger partial charge in [-0.25, -0.2) is 0 Å². The average Bonchev–Trinajstić information content (AvgIpc) is 2.90. The van der Waals surface area contributed by atoms with Crippen LogP contribution in [-0.2, 0) is 0 Å². The Morgan fingerprint density at radius 3 is 2.83 bits per heavy atom. The van der Waals surface area contributed by atoms with Gasteiger partial charge in [0.1, 0.15) is 0 Å². The standard InChI is InChI=1S/C14H27N3S/c1-4-14(3)7-10-18-13(16-14)15-11-12(2)17-8-5-6-9-17/h12H,4-11H2,1-3H3,(H,15,16). The van der Waals surface area contributed by atoms with Crippen molar-refractivity contribution < 1.29 is 0 Å². The molecule has 0 aliphatic carbocycles. The summed E-state index contributed by atoms with van der Waals surface area (Å²) >= 11 is 1.89. The zero-order valence-electron chi connectivity index (χ0n) is 12.0. The normalized spacial score (nSPS) is 33.6. The molecule has 2 aliphatic rings. The van der Waals surface area contributed by atoms with E-state index < -0.39 is 0 Å². The van der Waals surface area contributed by atoms with E-state index >= 15 is 0 Å². The lowest BCUT2D eigenvalue weighted by atomic mass is 9.96. The lowest BCUT2D eigenvalue weighted by Gasteiger charge is -2.35. The monoisotopic (exact) mass is 269 g/mol. The molecule has 2 unspecified atom stereocenters. The van der Waals surface area contributed by atoms with Crippen molar-refractivity contribution in [2.45, 2.75) is 58.0 Å². The van der Waals surface area contributed by atoms with Crippen LogP contribution in [0.2, 0.25) is 0 Å². The number of amidine groups is 1. The van der Waals surface area contributed by atoms with Crippen LogP contribution in [0, 0.1) is 0 Å². The van der Waals surface area contributed by atoms with Gasteiger partial charge in [0, 0.05) is 17.3 Å². The maximum atomic E-state index is 4.80. The van der Waals surface area contributed by atoms with Crippen molar-refractivity contribution in [3.8, 4) is 0 Å². The maximum Gasteiger partial charge on any atom is 0.157 e. The predicted octanol–water partition coefficient (Wildman–Crippen LogP) is 2.72. The van der Waals surface area contributed by atoms with Crippen LogP contribution in [0.3, 0.4) is 0 Å². The van der Waals surface area contributed by atoms with Crippen molar-refractivity contribution >= 4 is 16.9 Å². The second-order valence-electron chi connectivity index (χ2n) is 5.88. The Morgan fingerprint density at radius 1 is 1.44 bits per heavy atom. The Labute approximate surface area is 116 Å². The number of rotatable bonds is 4. The first-order chi connectivity index (χ1) is 8.63. The third-order valence-electron chi connectivity index (χ3n) is 4.34. The molecule has 2 aliphatic heterocycles. The molecule has 104 valence electrons. The molecule has 2 atom stereocenters. The maximum absolute atomic E-state index is 4.80. The number of hydrogen-bond donors (Lipinski definition) is 1. The number of aliphatic imine (C=N–C) groups is 1. The van der Waals surface area contributed by atoms with Crippen LogP contribution in [0.25, 0.3) is 0 Å². The Hall–Kier alpha value is -0.220. The highest BCUT2D eigenvalue weighted by molar-refractivity contribution is 8.13. The first kappa shape index (κ1) is 14.2. The Bertz CT molecular complexity index is 299. The predicted molar refractivity (Wildman–Crippen MR) is 81.5 cm³/mol. The highest BCUT2D eigenvalue weighted by Gasteiger charge is 2.27. The van der Waals surface area contributed by atoms with E-state index in [4.69, 9.17) is 4.99 Å². The summed E-state index contributed by atoms with van der Waals surface area (Å²) in [7, 11) is 0. The molecule has 0 aromatic rings. The summed E-state index contributed by atoms with van der Waals surface area (Å²) in [5, 5.41) is 4.78. The number of likely N-dealkylation sites (tertiary alicyclic amines) is 1. The Morgan fingerprint density at radius 2 is 2.17 bits per heavy atom. The van der Waals surface area contributed by atoms with Crippen LogP contribution in [0.15, 0.2) is 4.99 Å². The molecule has 2 fully saturated rings. The summed E-state index contributed by atoms with van der Waals surface area (Å²) in [6.45, 7) is 10.3. The molecule has 0 radical (unpaired) electrons. The van der Waals surface area contributed by atoms with E-state index in [2.05, 4.69) is 31.0 Å². The van der Waals surface area contributed by atoms with Crippen molar-refractivity contribution in [2.75, 3.05) is 25.4 Å². The molecule has 0 aromatic heterocycles. The zero-order chi connectivity index (χ0) is 13.0. The number of nitrogens with one attached hydrogen (secondary N) is 1. The summed E-state index contributed by atoms with van der Waals surface area (Å²) < 4.78 is 0. The molecule has 4 heteroatoms. The summed E-state index contributed by atoms with van der Waals surface area (Å²) in [6.07, 6.45) is 5.15. The fraction of sp³-hybridized carbons (Fsp3) is 0.929. The smallest absolute Gasteiger partial charge is 0.157 e. The molecule has 2 saturated heterocycles. The minimum Gasteiger partial charge on any atom is -0.360 e. The van der Waals surface area contributed by atoms with E-state index in [9.17, 15) is 0 Å². The van der Waals surface area contributed by atoms with Crippen LogP contribution in [0.5, 0.6) is 0 Å². The van der Waals surface area contributed by atoms with Crippen LogP contribution >= 0.6 is 11.8 Å². The van der Waals surface area contributed by atoms with Crippen molar-refractivity contribution in [3.05, 3.63) is 0 Å².